The van der Waals surface area contributed by atoms with Crippen LogP contribution in [0, 0.1) is 19.8 Å². The smallest absolute Gasteiger partial charge is 0.326 e. The number of anilines is 1. The number of rotatable bonds is 6. The molecule has 0 bridgehead atoms. The molecule has 0 atom stereocenters. The van der Waals surface area contributed by atoms with Crippen LogP contribution in [0.2, 0.25) is 0 Å². The highest BCUT2D eigenvalue weighted by atomic mass is 32.2. The molecule has 1 fully saturated rings. The summed E-state index contributed by atoms with van der Waals surface area (Å²) in [4.78, 5) is 12.4. The zero-order chi connectivity index (χ0) is 23.7. The quantitative estimate of drug-likeness (QED) is 0.690. The number of nitrogens with zero attached hydrogens (tertiary/aromatic N) is 3. The summed E-state index contributed by atoms with van der Waals surface area (Å²) in [6, 6.07) is 4.17. The van der Waals surface area contributed by atoms with Gasteiger partial charge in [-0.15, -0.1) is 0 Å². The van der Waals surface area contributed by atoms with Crippen LogP contribution < -0.4 is 5.32 Å². The van der Waals surface area contributed by atoms with Crippen molar-refractivity contribution in [2.45, 2.75) is 57.7 Å². The van der Waals surface area contributed by atoms with Crippen LogP contribution in [0.1, 0.15) is 43.1 Å². The van der Waals surface area contributed by atoms with Crippen molar-refractivity contribution in [1.82, 2.24) is 14.1 Å². The average molecular weight is 473 g/mol. The molecule has 7 nitrogen and oxygen atoms in total. The molecule has 3 rings (SSSR count). The number of nitrogens with one attached hydrogen (secondary N) is 1. The molecule has 1 N–H and O–H groups in total. The molecule has 0 saturated carbocycles. The van der Waals surface area contributed by atoms with Gasteiger partial charge in [-0.25, -0.2) is 8.42 Å². The third-order valence-electron chi connectivity index (χ3n) is 5.70. The predicted molar refractivity (Wildman–Crippen MR) is 114 cm³/mol. The number of carbonyl (C=O) groups is 1. The molecule has 1 saturated heterocycles. The van der Waals surface area contributed by atoms with Gasteiger partial charge in [-0.05, 0) is 56.9 Å². The highest BCUT2D eigenvalue weighted by Gasteiger charge is 2.33. The summed E-state index contributed by atoms with van der Waals surface area (Å²) in [6.45, 7) is 6.49. The fourth-order valence-corrected chi connectivity index (χ4v) is 5.64. The fourth-order valence-electron chi connectivity index (χ4n) is 3.80. The second-order valence-corrected chi connectivity index (χ2v) is 10.1. The van der Waals surface area contributed by atoms with Crippen LogP contribution in [0.25, 0.3) is 0 Å². The van der Waals surface area contributed by atoms with Crippen molar-refractivity contribution >= 4 is 21.6 Å². The maximum Gasteiger partial charge on any atom is 0.416 e. The summed E-state index contributed by atoms with van der Waals surface area (Å²) in [5, 5.41) is 6.85. The van der Waals surface area contributed by atoms with E-state index in [9.17, 15) is 26.4 Å². The summed E-state index contributed by atoms with van der Waals surface area (Å²) >= 11 is 0. The third-order valence-corrected chi connectivity index (χ3v) is 7.85. The van der Waals surface area contributed by atoms with E-state index in [1.807, 2.05) is 0 Å². The Balaban J connectivity index is 1.65. The number of amides is 1. The number of aryl methyl sites for hydroxylation is 2. The first-order valence-corrected chi connectivity index (χ1v) is 11.8. The summed E-state index contributed by atoms with van der Waals surface area (Å²) in [5.41, 5.74) is 0.293. The molecule has 2 aromatic rings. The van der Waals surface area contributed by atoms with Crippen molar-refractivity contribution in [3.63, 3.8) is 0 Å². The minimum atomic E-state index is -4.44. The Morgan fingerprint density at radius 1 is 1.16 bits per heavy atom. The molecule has 0 radical (unpaired) electrons. The number of hydrogen-bond acceptors (Lipinski definition) is 4. The lowest BCUT2D eigenvalue weighted by Gasteiger charge is -2.29. The Morgan fingerprint density at radius 2 is 1.75 bits per heavy atom. The number of benzene rings is 1. The topological polar surface area (TPSA) is 84.3 Å². The van der Waals surface area contributed by atoms with Crippen LogP contribution in [-0.4, -0.2) is 41.5 Å². The van der Waals surface area contributed by atoms with Gasteiger partial charge in [0.1, 0.15) is 4.90 Å². The second kappa shape index (κ2) is 9.22. The van der Waals surface area contributed by atoms with E-state index in [1.54, 1.807) is 13.8 Å². The Kier molecular flexibility index (Phi) is 6.99. The highest BCUT2D eigenvalue weighted by Crippen LogP contribution is 2.30. The van der Waals surface area contributed by atoms with Crippen LogP contribution in [0.3, 0.4) is 0 Å². The van der Waals surface area contributed by atoms with Crippen LogP contribution >= 0.6 is 0 Å². The number of halogens is 3. The first kappa shape index (κ1) is 24.2. The molecule has 32 heavy (non-hydrogen) atoms. The van der Waals surface area contributed by atoms with Gasteiger partial charge >= 0.3 is 6.18 Å². The normalized spacial score (nSPS) is 16.3. The van der Waals surface area contributed by atoms with Gasteiger partial charge in [0, 0.05) is 25.2 Å². The van der Waals surface area contributed by atoms with Crippen molar-refractivity contribution < 1.29 is 26.4 Å². The van der Waals surface area contributed by atoms with Crippen molar-refractivity contribution in [3.8, 4) is 0 Å². The summed E-state index contributed by atoms with van der Waals surface area (Å²) in [6.07, 6.45) is -2.82. The van der Waals surface area contributed by atoms with Gasteiger partial charge in [-0.3, -0.25) is 9.48 Å². The van der Waals surface area contributed by atoms with E-state index in [0.717, 1.165) is 25.0 Å². The van der Waals surface area contributed by atoms with Gasteiger partial charge in [0.2, 0.25) is 15.9 Å². The van der Waals surface area contributed by atoms with Crippen molar-refractivity contribution in [2.24, 2.45) is 5.92 Å². The van der Waals surface area contributed by atoms with E-state index in [-0.39, 0.29) is 23.5 Å². The molecule has 1 aliphatic heterocycles. The molecular formula is C21H27F3N4O3S. The van der Waals surface area contributed by atoms with E-state index in [4.69, 9.17) is 0 Å². The zero-order valence-electron chi connectivity index (χ0n) is 18.2. The number of piperidine rings is 1. The standard InChI is InChI=1S/C21H27F3N4O3S/c1-14-8-11-27(12-9-14)32(30,31)20-15(2)26-28(16(20)3)13-10-19(29)25-18-6-4-17(5-7-18)21(22,23)24/h4-7,14H,8-13H2,1-3H3,(H,25,29). The number of sulfonamides is 1. The van der Waals surface area contributed by atoms with Crippen molar-refractivity contribution in [3.05, 3.63) is 41.2 Å². The van der Waals surface area contributed by atoms with Crippen molar-refractivity contribution in [1.29, 1.82) is 0 Å². The van der Waals surface area contributed by atoms with Crippen LogP contribution in [0.5, 0.6) is 0 Å². The second-order valence-electron chi connectivity index (χ2n) is 8.18. The molecule has 176 valence electrons. The molecule has 0 spiro atoms. The van der Waals surface area contributed by atoms with E-state index < -0.39 is 27.7 Å². The van der Waals surface area contributed by atoms with Gasteiger partial charge in [0.05, 0.1) is 23.5 Å². The SMILES string of the molecule is Cc1nn(CCC(=O)Nc2ccc(C(F)(F)F)cc2)c(C)c1S(=O)(=O)N1CCC(C)CC1. The molecule has 11 heteroatoms. The first-order valence-electron chi connectivity index (χ1n) is 10.4. The van der Waals surface area contributed by atoms with Crippen LogP contribution in [-0.2, 0) is 27.5 Å². The van der Waals surface area contributed by atoms with Crippen LogP contribution in [0.4, 0.5) is 18.9 Å². The molecule has 0 aliphatic carbocycles. The Hall–Kier alpha value is -2.40. The van der Waals surface area contributed by atoms with Gasteiger partial charge in [-0.1, -0.05) is 6.92 Å². The maximum absolute atomic E-state index is 13.1. The lowest BCUT2D eigenvalue weighted by Crippen LogP contribution is -2.38. The summed E-state index contributed by atoms with van der Waals surface area (Å²) in [5.74, 6) is 0.0845. The lowest BCUT2D eigenvalue weighted by atomic mass is 10.0. The zero-order valence-corrected chi connectivity index (χ0v) is 19.1. The number of aromatic nitrogens is 2. The number of hydrogen-bond donors (Lipinski definition) is 1. The maximum atomic E-state index is 13.1. The van der Waals surface area contributed by atoms with Gasteiger partial charge < -0.3 is 5.32 Å². The predicted octanol–water partition coefficient (Wildman–Crippen LogP) is 3.97. The molecule has 0 unspecified atom stereocenters. The summed E-state index contributed by atoms with van der Waals surface area (Å²) < 4.78 is 67.2. The van der Waals surface area contributed by atoms with Gasteiger partial charge in [0.25, 0.3) is 0 Å². The molecule has 1 aromatic carbocycles. The van der Waals surface area contributed by atoms with Gasteiger partial charge in [-0.2, -0.15) is 22.6 Å². The summed E-state index contributed by atoms with van der Waals surface area (Å²) in [7, 11) is -3.67. The average Bonchev–Trinajstić information content (AvgIpc) is 3.00. The minimum absolute atomic E-state index is 0.0102. The fraction of sp³-hybridized carbons (Fsp3) is 0.524. The van der Waals surface area contributed by atoms with E-state index >= 15 is 0 Å². The molecular weight excluding hydrogens is 445 g/mol. The lowest BCUT2D eigenvalue weighted by molar-refractivity contribution is -0.137. The number of carbonyl (C=O) groups excluding carboxylic acids is 1. The molecule has 1 amide bonds. The minimum Gasteiger partial charge on any atom is -0.326 e. The van der Waals surface area contributed by atoms with Crippen LogP contribution in [0.15, 0.2) is 29.2 Å². The molecule has 1 aliphatic rings. The first-order chi connectivity index (χ1) is 14.9. The largest absolute Gasteiger partial charge is 0.416 e. The van der Waals surface area contributed by atoms with Gasteiger partial charge in [0.15, 0.2) is 0 Å². The Labute approximate surface area is 185 Å². The highest BCUT2D eigenvalue weighted by molar-refractivity contribution is 7.89. The Bertz CT molecular complexity index is 1070. The van der Waals surface area contributed by atoms with Crippen molar-refractivity contribution in [2.75, 3.05) is 18.4 Å². The van der Waals surface area contributed by atoms with E-state index in [0.29, 0.717) is 30.4 Å². The molecule has 2 heterocycles. The van der Waals surface area contributed by atoms with E-state index in [2.05, 4.69) is 17.3 Å². The third kappa shape index (κ3) is 5.32. The molecule has 1 aromatic heterocycles. The number of alkyl halides is 3. The Morgan fingerprint density at radius 3 is 2.31 bits per heavy atom. The monoisotopic (exact) mass is 472 g/mol. The van der Waals surface area contributed by atoms with E-state index in [1.165, 1.54) is 21.1 Å².